The summed E-state index contributed by atoms with van der Waals surface area (Å²) >= 11 is 1.29. The molecular weight excluding hydrogens is 812 g/mol. The second kappa shape index (κ2) is 21.1. The summed E-state index contributed by atoms with van der Waals surface area (Å²) in [7, 11) is 2.05. The molecule has 2 aliphatic heterocycles. The van der Waals surface area contributed by atoms with Crippen molar-refractivity contribution in [1.29, 1.82) is 10.5 Å². The van der Waals surface area contributed by atoms with Gasteiger partial charge < -0.3 is 28.7 Å². The van der Waals surface area contributed by atoms with E-state index in [9.17, 15) is 23.6 Å². The molecule has 2 aliphatic rings. The molecule has 13 nitrogen and oxygen atoms in total. The number of rotatable bonds is 16. The first-order chi connectivity index (χ1) is 29.5. The zero-order valence-corrected chi connectivity index (χ0v) is 34.4. The number of aromatic nitrogens is 3. The minimum absolute atomic E-state index is 0.0801. The van der Waals surface area contributed by atoms with E-state index in [1.807, 2.05) is 19.2 Å². The highest BCUT2D eigenvalue weighted by Gasteiger charge is 2.47. The maximum atomic E-state index is 16.1. The van der Waals surface area contributed by atoms with Crippen molar-refractivity contribution in [3.8, 4) is 12.1 Å². The number of carbonyl (C=O) groups is 2. The van der Waals surface area contributed by atoms with Gasteiger partial charge in [-0.15, -0.1) is 11.8 Å². The van der Waals surface area contributed by atoms with Crippen LogP contribution in [0.15, 0.2) is 85.5 Å². The van der Waals surface area contributed by atoms with Crippen molar-refractivity contribution in [3.63, 3.8) is 0 Å². The number of nitriles is 2. The molecule has 0 spiro atoms. The van der Waals surface area contributed by atoms with E-state index in [0.29, 0.717) is 18.2 Å². The minimum atomic E-state index is -1.88. The fraction of sp³-hybridized carbons (Fsp3) is 0.364. The van der Waals surface area contributed by atoms with Gasteiger partial charge in [-0.3, -0.25) is 4.79 Å². The third-order valence-electron chi connectivity index (χ3n) is 10.3. The normalized spacial score (nSPS) is 18.9. The number of ether oxygens (including phenoxy) is 4. The van der Waals surface area contributed by atoms with Crippen LogP contribution in [0.4, 0.5) is 13.2 Å². The molecule has 2 atom stereocenters. The Morgan fingerprint density at radius 1 is 0.984 bits per heavy atom. The number of allylic oxidation sites excluding steroid dienone is 2. The fourth-order valence-electron chi connectivity index (χ4n) is 6.86. The van der Waals surface area contributed by atoms with E-state index in [4.69, 9.17) is 24.2 Å². The molecule has 1 aromatic heterocycles. The van der Waals surface area contributed by atoms with Gasteiger partial charge in [-0.1, -0.05) is 30.4 Å². The van der Waals surface area contributed by atoms with Crippen LogP contribution in [0.1, 0.15) is 51.5 Å². The molecule has 0 unspecified atom stereocenters. The summed E-state index contributed by atoms with van der Waals surface area (Å²) in [6.45, 7) is 5.51. The summed E-state index contributed by atoms with van der Waals surface area (Å²) < 4.78 is 70.1. The van der Waals surface area contributed by atoms with Gasteiger partial charge in [-0.05, 0) is 56.4 Å². The molecule has 0 aliphatic carbocycles. The molecule has 0 saturated carbocycles. The molecule has 0 bridgehead atoms. The standard InChI is InChI=1S/C44H44F3N7O6S/c1-30(61-36-25-58-42(59-26-36)6-4-3-5-33-9-7-32(23-49)20-39(33)46)44(27-54-29-50-28-51-54,38-12-11-35(45)21-40(38)47)60-43(56)37-19-31(22-48)8-10-34(37)24-57-41(55)13-14-53-17-15-52(2)16-18-53/h3-12,19-21,28-30,36,42H,13-18,24-27H2,1-2H3/t30-,36?,42?,44-/m1/s1. The van der Waals surface area contributed by atoms with Gasteiger partial charge in [0.15, 0.2) is 11.9 Å². The maximum absolute atomic E-state index is 16.1. The lowest BCUT2D eigenvalue weighted by molar-refractivity contribution is -0.146. The van der Waals surface area contributed by atoms with Crippen LogP contribution in [-0.4, -0.2) is 106 Å². The monoisotopic (exact) mass is 855 g/mol. The van der Waals surface area contributed by atoms with E-state index in [1.165, 1.54) is 65.5 Å². The highest BCUT2D eigenvalue weighted by molar-refractivity contribution is 8.00. The van der Waals surface area contributed by atoms with Crippen molar-refractivity contribution in [3.05, 3.63) is 136 Å². The van der Waals surface area contributed by atoms with E-state index in [1.54, 1.807) is 31.2 Å². The van der Waals surface area contributed by atoms with Gasteiger partial charge >= 0.3 is 11.9 Å². The van der Waals surface area contributed by atoms with Gasteiger partial charge in [0.1, 0.15) is 36.7 Å². The molecule has 0 N–H and O–H groups in total. The smallest absolute Gasteiger partial charge is 0.339 e. The van der Waals surface area contributed by atoms with Crippen molar-refractivity contribution in [2.45, 2.75) is 48.9 Å². The Kier molecular flexibility index (Phi) is 15.5. The van der Waals surface area contributed by atoms with Gasteiger partial charge in [-0.25, -0.2) is 27.6 Å². The predicted octanol–water partition coefficient (Wildman–Crippen LogP) is 6.00. The Labute approximate surface area is 355 Å². The van der Waals surface area contributed by atoms with Crippen molar-refractivity contribution >= 4 is 29.8 Å². The number of likely N-dealkylation sites (N-methyl/N-ethyl adjacent to an activating group) is 1. The quantitative estimate of drug-likeness (QED) is 0.0956. The van der Waals surface area contributed by atoms with Crippen LogP contribution in [0.2, 0.25) is 0 Å². The molecule has 6 rings (SSSR count). The van der Waals surface area contributed by atoms with Crippen molar-refractivity contribution in [2.24, 2.45) is 0 Å². The summed E-state index contributed by atoms with van der Waals surface area (Å²) in [5, 5.41) is 21.8. The van der Waals surface area contributed by atoms with Crippen LogP contribution >= 0.6 is 11.8 Å². The number of hydrogen-bond donors (Lipinski definition) is 0. The van der Waals surface area contributed by atoms with E-state index in [2.05, 4.69) is 19.9 Å². The predicted molar refractivity (Wildman–Crippen MR) is 219 cm³/mol. The van der Waals surface area contributed by atoms with Crippen molar-refractivity contribution in [2.75, 3.05) is 53.0 Å². The largest absolute Gasteiger partial charge is 0.461 e. The molecule has 3 aromatic carbocycles. The summed E-state index contributed by atoms with van der Waals surface area (Å²) in [5.41, 5.74) is -1.19. The zero-order chi connectivity index (χ0) is 43.4. The van der Waals surface area contributed by atoms with Crippen LogP contribution in [-0.2, 0) is 42.5 Å². The lowest BCUT2D eigenvalue weighted by Gasteiger charge is -2.40. The molecule has 61 heavy (non-hydrogen) atoms. The van der Waals surface area contributed by atoms with E-state index >= 15 is 4.39 Å². The highest BCUT2D eigenvalue weighted by Crippen LogP contribution is 2.42. The third-order valence-corrected chi connectivity index (χ3v) is 11.8. The summed E-state index contributed by atoms with van der Waals surface area (Å²) in [5.74, 6) is -3.77. The molecule has 3 heterocycles. The van der Waals surface area contributed by atoms with Crippen LogP contribution in [0, 0.1) is 40.1 Å². The van der Waals surface area contributed by atoms with Crippen LogP contribution < -0.4 is 0 Å². The maximum Gasteiger partial charge on any atom is 0.339 e. The lowest BCUT2D eigenvalue weighted by atomic mass is 9.89. The molecule has 17 heteroatoms. The summed E-state index contributed by atoms with van der Waals surface area (Å²) in [6.07, 6.45) is 8.49. The summed E-state index contributed by atoms with van der Waals surface area (Å²) in [4.78, 5) is 35.8. The number of piperazine rings is 1. The summed E-state index contributed by atoms with van der Waals surface area (Å²) in [6, 6.07) is 15.4. The number of thioether (sulfide) groups is 1. The average molecular weight is 856 g/mol. The Morgan fingerprint density at radius 2 is 1.72 bits per heavy atom. The number of hydrogen-bond acceptors (Lipinski definition) is 13. The minimum Gasteiger partial charge on any atom is -0.461 e. The first-order valence-corrected chi connectivity index (χ1v) is 20.4. The topological polar surface area (TPSA) is 156 Å². The Bertz CT molecular complexity index is 2300. The number of carbonyl (C=O) groups excluding carboxylic acids is 2. The number of benzene rings is 3. The van der Waals surface area contributed by atoms with Crippen LogP contribution in [0.25, 0.3) is 6.08 Å². The van der Waals surface area contributed by atoms with Crippen LogP contribution in [0.3, 0.4) is 0 Å². The van der Waals surface area contributed by atoms with Gasteiger partial charge in [0.2, 0.25) is 0 Å². The molecule has 0 radical (unpaired) electrons. The molecule has 2 saturated heterocycles. The van der Waals surface area contributed by atoms with E-state index in [-0.39, 0.29) is 65.9 Å². The average Bonchev–Trinajstić information content (AvgIpc) is 3.77. The fourth-order valence-corrected chi connectivity index (χ4v) is 8.22. The van der Waals surface area contributed by atoms with E-state index < -0.39 is 46.5 Å². The second-order valence-corrected chi connectivity index (χ2v) is 16.2. The van der Waals surface area contributed by atoms with E-state index in [0.717, 1.165) is 38.3 Å². The lowest BCUT2D eigenvalue weighted by Crippen LogP contribution is -2.47. The zero-order valence-electron chi connectivity index (χ0n) is 33.6. The molecule has 2 fully saturated rings. The molecule has 0 amide bonds. The molecule has 318 valence electrons. The number of esters is 2. The van der Waals surface area contributed by atoms with Crippen molar-refractivity contribution < 1.29 is 41.7 Å². The van der Waals surface area contributed by atoms with Crippen molar-refractivity contribution in [1.82, 2.24) is 24.6 Å². The Morgan fingerprint density at radius 3 is 2.41 bits per heavy atom. The first-order valence-electron chi connectivity index (χ1n) is 19.5. The Hall–Kier alpha value is -5.82. The van der Waals surface area contributed by atoms with Gasteiger partial charge in [0.05, 0.1) is 60.3 Å². The van der Waals surface area contributed by atoms with Crippen LogP contribution in [0.5, 0.6) is 0 Å². The third kappa shape index (κ3) is 11.9. The first kappa shape index (κ1) is 44.7. The SMILES string of the molecule is C[C@@H](SC1COC(C=CC=Cc2ccc(C#N)cc2F)OC1)[C@@](Cn1cncn1)(OC(=O)c1cc(C#N)ccc1COC(=O)CCN1CCN(C)CC1)c1ccc(F)cc1F. The number of halogens is 3. The number of nitrogens with zero attached hydrogens (tertiary/aromatic N) is 7. The molecule has 4 aromatic rings. The highest BCUT2D eigenvalue weighted by atomic mass is 32.2. The second-order valence-electron chi connectivity index (χ2n) is 14.6. The molecular formula is C44H44F3N7O6S. The van der Waals surface area contributed by atoms with Gasteiger partial charge in [0.25, 0.3) is 0 Å². The van der Waals surface area contributed by atoms with Gasteiger partial charge in [0, 0.05) is 60.7 Å². The van der Waals surface area contributed by atoms with Gasteiger partial charge in [-0.2, -0.15) is 15.6 Å². The Balaban J connectivity index is 1.20.